The molecule has 0 aromatic carbocycles. The second-order valence-electron chi connectivity index (χ2n) is 10.0. The maximum Gasteiger partial charge on any atom is 0.351 e. The lowest BCUT2D eigenvalue weighted by Crippen LogP contribution is -2.41. The van der Waals surface area contributed by atoms with E-state index in [2.05, 4.69) is 22.2 Å². The van der Waals surface area contributed by atoms with Crippen LogP contribution in [0.1, 0.15) is 98.2 Å². The number of aromatic nitrogens is 3. The number of unbranched alkanes of at least 4 members (excludes halogenated alkanes) is 9. The van der Waals surface area contributed by atoms with Gasteiger partial charge >= 0.3 is 17.6 Å². The highest BCUT2D eigenvalue weighted by Gasteiger charge is 2.59. The molecule has 13 heteroatoms. The molecule has 3 N–H and O–H groups in total. The first kappa shape index (κ1) is 32.2. The van der Waals surface area contributed by atoms with Gasteiger partial charge in [0.05, 0.1) is 18.8 Å². The number of nitrogens with zero attached hydrogens (tertiary/aromatic N) is 3. The van der Waals surface area contributed by atoms with Crippen LogP contribution in [0.5, 0.6) is 0 Å². The van der Waals surface area contributed by atoms with Crippen molar-refractivity contribution in [3.63, 3.8) is 0 Å². The fourth-order valence-corrected chi connectivity index (χ4v) is 4.54. The fourth-order valence-electron chi connectivity index (χ4n) is 4.54. The zero-order valence-electron chi connectivity index (χ0n) is 23.1. The van der Waals surface area contributed by atoms with Crippen molar-refractivity contribution in [3.05, 3.63) is 52.3 Å². The smallest absolute Gasteiger partial charge is 0.351 e. The summed E-state index contributed by atoms with van der Waals surface area (Å²) in [6.07, 6.45) is 7.47. The molecule has 41 heavy (non-hydrogen) atoms. The van der Waals surface area contributed by atoms with Crippen molar-refractivity contribution in [3.8, 4) is 0 Å². The molecular formula is C28H38F2N4O7. The maximum absolute atomic E-state index is 14.4. The van der Waals surface area contributed by atoms with Crippen LogP contribution in [0.15, 0.2) is 35.4 Å². The number of rotatable bonds is 16. The zero-order valence-corrected chi connectivity index (χ0v) is 23.1. The first-order valence-corrected chi connectivity index (χ1v) is 14.1. The third kappa shape index (κ3) is 8.60. The number of carbonyl (C=O) groups excluding carboxylic acids is 2. The summed E-state index contributed by atoms with van der Waals surface area (Å²) in [5, 5.41) is 21.1. The molecule has 1 amide bonds. The van der Waals surface area contributed by atoms with E-state index in [1.807, 2.05) is 0 Å². The summed E-state index contributed by atoms with van der Waals surface area (Å²) in [5.41, 5.74) is -1.53. The van der Waals surface area contributed by atoms with Crippen LogP contribution in [-0.4, -0.2) is 68.0 Å². The van der Waals surface area contributed by atoms with Gasteiger partial charge in [0.2, 0.25) is 6.23 Å². The largest absolute Gasteiger partial charge is 0.462 e. The van der Waals surface area contributed by atoms with Crippen LogP contribution in [0.4, 0.5) is 14.6 Å². The zero-order chi connectivity index (χ0) is 29.8. The molecule has 3 atom stereocenters. The number of aliphatic hydroxyl groups excluding tert-OH is 2. The normalized spacial score (nSPS) is 19.7. The van der Waals surface area contributed by atoms with Gasteiger partial charge in [-0.3, -0.25) is 14.3 Å². The number of aliphatic hydroxyl groups is 2. The van der Waals surface area contributed by atoms with Gasteiger partial charge in [-0.05, 0) is 24.6 Å². The summed E-state index contributed by atoms with van der Waals surface area (Å²) in [5.74, 6) is -5.74. The molecule has 0 radical (unpaired) electrons. The standard InChI is InChI=1S/C28H38F2N4O7/c1-2-3-4-5-6-7-8-9-10-11-17-40-25(38)19-13-12-15-31-22(19)24(37)32-21-14-16-34(27(39)33-21)26-28(29,30)23(36)20(18-35)41-26/h12-16,20,23,26,35-36H,2-11,17-18H2,1H3,(H,32,33,37,39)/t20-,23-,26-/m1/s1. The number of pyridine rings is 1. The van der Waals surface area contributed by atoms with Gasteiger partial charge in [0.25, 0.3) is 5.91 Å². The molecule has 0 saturated carbocycles. The van der Waals surface area contributed by atoms with Gasteiger partial charge in [-0.1, -0.05) is 64.7 Å². The Hall–Kier alpha value is -3.29. The van der Waals surface area contributed by atoms with Crippen LogP contribution >= 0.6 is 0 Å². The average molecular weight is 581 g/mol. The Morgan fingerprint density at radius 1 is 1.10 bits per heavy atom. The molecule has 3 heterocycles. The third-order valence-corrected chi connectivity index (χ3v) is 6.86. The molecule has 2 aromatic rings. The highest BCUT2D eigenvalue weighted by molar-refractivity contribution is 6.09. The van der Waals surface area contributed by atoms with E-state index >= 15 is 0 Å². The van der Waals surface area contributed by atoms with Gasteiger partial charge in [-0.25, -0.2) is 9.59 Å². The number of hydrogen-bond donors (Lipinski definition) is 3. The highest BCUT2D eigenvalue weighted by atomic mass is 19.3. The Bertz CT molecular complexity index is 1210. The van der Waals surface area contributed by atoms with E-state index in [0.717, 1.165) is 31.5 Å². The van der Waals surface area contributed by atoms with Crippen LogP contribution in [0.3, 0.4) is 0 Å². The number of ether oxygens (including phenoxy) is 2. The number of esters is 1. The number of nitrogens with one attached hydrogen (secondary N) is 1. The Morgan fingerprint density at radius 2 is 1.76 bits per heavy atom. The molecule has 0 unspecified atom stereocenters. The Labute approximate surface area is 236 Å². The topological polar surface area (TPSA) is 153 Å². The van der Waals surface area contributed by atoms with Crippen LogP contribution in [0.2, 0.25) is 0 Å². The fraction of sp³-hybridized carbons (Fsp3) is 0.607. The highest BCUT2D eigenvalue weighted by Crippen LogP contribution is 2.42. The number of halogens is 2. The average Bonchev–Trinajstić information content (AvgIpc) is 3.19. The van der Waals surface area contributed by atoms with E-state index in [0.29, 0.717) is 11.0 Å². The van der Waals surface area contributed by atoms with Crippen molar-refractivity contribution < 1.29 is 38.1 Å². The van der Waals surface area contributed by atoms with E-state index in [9.17, 15) is 28.3 Å². The van der Waals surface area contributed by atoms with Crippen molar-refractivity contribution in [2.24, 2.45) is 0 Å². The van der Waals surface area contributed by atoms with E-state index < -0.39 is 48.5 Å². The van der Waals surface area contributed by atoms with Crippen molar-refractivity contribution in [2.75, 3.05) is 18.5 Å². The summed E-state index contributed by atoms with van der Waals surface area (Å²) in [6.45, 7) is 1.52. The van der Waals surface area contributed by atoms with E-state index in [1.165, 1.54) is 56.9 Å². The number of amides is 1. The predicted octanol–water partition coefficient (Wildman–Crippen LogP) is 3.85. The Balaban J connectivity index is 1.52. The van der Waals surface area contributed by atoms with Gasteiger partial charge in [0, 0.05) is 12.4 Å². The summed E-state index contributed by atoms with van der Waals surface area (Å²) in [6, 6.07) is 3.93. The third-order valence-electron chi connectivity index (χ3n) is 6.86. The van der Waals surface area contributed by atoms with Gasteiger partial charge < -0.3 is 25.0 Å². The predicted molar refractivity (Wildman–Crippen MR) is 145 cm³/mol. The summed E-state index contributed by atoms with van der Waals surface area (Å²) in [4.78, 5) is 45.5. The molecular weight excluding hydrogens is 542 g/mol. The molecule has 11 nitrogen and oxygen atoms in total. The molecule has 1 aliphatic heterocycles. The van der Waals surface area contributed by atoms with Crippen molar-refractivity contribution in [2.45, 2.75) is 95.5 Å². The lowest BCUT2D eigenvalue weighted by atomic mass is 10.1. The lowest BCUT2D eigenvalue weighted by Gasteiger charge is -2.21. The van der Waals surface area contributed by atoms with Crippen LogP contribution in [0, 0.1) is 0 Å². The molecule has 2 aromatic heterocycles. The molecule has 1 aliphatic rings. The van der Waals surface area contributed by atoms with Gasteiger partial charge in [0.15, 0.2) is 6.10 Å². The molecule has 1 saturated heterocycles. The number of alkyl halides is 2. The second-order valence-corrected chi connectivity index (χ2v) is 10.0. The van der Waals surface area contributed by atoms with E-state index in [4.69, 9.17) is 14.6 Å². The lowest BCUT2D eigenvalue weighted by molar-refractivity contribution is -0.140. The van der Waals surface area contributed by atoms with Gasteiger partial charge in [0.1, 0.15) is 17.6 Å². The van der Waals surface area contributed by atoms with Crippen LogP contribution < -0.4 is 11.0 Å². The van der Waals surface area contributed by atoms with Crippen LogP contribution in [0.25, 0.3) is 0 Å². The maximum atomic E-state index is 14.4. The number of carbonyl (C=O) groups is 2. The minimum Gasteiger partial charge on any atom is -0.462 e. The number of anilines is 1. The SMILES string of the molecule is CCCCCCCCCCCCOC(=O)c1cccnc1C(=O)Nc1ccn([C@@H]2O[C@H](CO)[C@@H](O)C2(F)F)c(=O)n1. The monoisotopic (exact) mass is 580 g/mol. The Kier molecular flexibility index (Phi) is 12.3. The molecule has 0 bridgehead atoms. The molecule has 1 fully saturated rings. The van der Waals surface area contributed by atoms with Crippen LogP contribution in [-0.2, 0) is 9.47 Å². The van der Waals surface area contributed by atoms with Gasteiger partial charge in [-0.2, -0.15) is 13.8 Å². The molecule has 0 aliphatic carbocycles. The number of hydrogen-bond acceptors (Lipinski definition) is 9. The molecule has 3 rings (SSSR count). The van der Waals surface area contributed by atoms with Crippen molar-refractivity contribution in [1.82, 2.24) is 14.5 Å². The summed E-state index contributed by atoms with van der Waals surface area (Å²) < 4.78 is 39.5. The Morgan fingerprint density at radius 3 is 2.37 bits per heavy atom. The van der Waals surface area contributed by atoms with Gasteiger partial charge in [-0.15, -0.1) is 0 Å². The first-order valence-electron chi connectivity index (χ1n) is 14.1. The second kappa shape index (κ2) is 15.6. The minimum absolute atomic E-state index is 0.0755. The molecule has 0 spiro atoms. The quantitative estimate of drug-likeness (QED) is 0.198. The molecule has 226 valence electrons. The van der Waals surface area contributed by atoms with Crippen molar-refractivity contribution in [1.29, 1.82) is 0 Å². The van der Waals surface area contributed by atoms with Crippen molar-refractivity contribution >= 4 is 17.7 Å². The summed E-state index contributed by atoms with van der Waals surface area (Å²) in [7, 11) is 0. The minimum atomic E-state index is -3.87. The summed E-state index contributed by atoms with van der Waals surface area (Å²) >= 11 is 0. The first-order chi connectivity index (χ1) is 19.7. The van der Waals surface area contributed by atoms with E-state index in [1.54, 1.807) is 0 Å². The van der Waals surface area contributed by atoms with E-state index in [-0.39, 0.29) is 23.7 Å².